The van der Waals surface area contributed by atoms with Crippen molar-refractivity contribution in [3.8, 4) is 0 Å². The summed E-state index contributed by atoms with van der Waals surface area (Å²) in [5, 5.41) is 0. The van der Waals surface area contributed by atoms with Gasteiger partial charge in [0, 0.05) is 0 Å². The van der Waals surface area contributed by atoms with Crippen LogP contribution in [-0.2, 0) is 27.3 Å². The van der Waals surface area contributed by atoms with Crippen molar-refractivity contribution in [1.29, 1.82) is 0 Å². The molecule has 0 heterocycles. The number of hydrogen-bond donors (Lipinski definition) is 0. The smallest absolute Gasteiger partial charge is 0.332 e. The first-order valence-corrected chi connectivity index (χ1v) is 7.98. The molecule has 0 saturated carbocycles. The lowest BCUT2D eigenvalue weighted by atomic mass is 10.1. The van der Waals surface area contributed by atoms with E-state index in [2.05, 4.69) is 25.1 Å². The van der Waals surface area contributed by atoms with Crippen molar-refractivity contribution >= 4 is 5.97 Å². The maximum Gasteiger partial charge on any atom is 0.332 e. The van der Waals surface area contributed by atoms with Gasteiger partial charge in [0.2, 0.25) is 0 Å². The van der Waals surface area contributed by atoms with E-state index in [-0.39, 0.29) is 12.6 Å². The minimum absolute atomic E-state index is 0.00134. The van der Waals surface area contributed by atoms with E-state index in [1.807, 2.05) is 37.3 Å². The molecule has 0 amide bonds. The van der Waals surface area contributed by atoms with Gasteiger partial charge < -0.3 is 9.47 Å². The number of carbonyl (C=O) groups is 1. The summed E-state index contributed by atoms with van der Waals surface area (Å²) in [5.41, 5.74) is 4.77. The summed E-state index contributed by atoms with van der Waals surface area (Å²) in [6.07, 6.45) is 1.74. The molecule has 0 unspecified atom stereocenters. The average Bonchev–Trinajstić information content (AvgIpc) is 2.55. The van der Waals surface area contributed by atoms with Crippen LogP contribution in [0.3, 0.4) is 0 Å². The Balaban J connectivity index is 1.60. The molecule has 3 heteroatoms. The van der Waals surface area contributed by atoms with Gasteiger partial charge in [0.1, 0.15) is 6.61 Å². The van der Waals surface area contributed by atoms with Gasteiger partial charge >= 0.3 is 5.97 Å². The van der Waals surface area contributed by atoms with Crippen LogP contribution in [-0.4, -0.2) is 19.2 Å². The van der Waals surface area contributed by atoms with Crippen molar-refractivity contribution in [3.05, 3.63) is 70.8 Å². The fourth-order valence-electron chi connectivity index (χ4n) is 2.40. The van der Waals surface area contributed by atoms with Crippen LogP contribution in [0.15, 0.2) is 48.5 Å². The van der Waals surface area contributed by atoms with E-state index >= 15 is 0 Å². The van der Waals surface area contributed by atoms with Crippen molar-refractivity contribution in [2.45, 2.75) is 33.3 Å². The number of ether oxygens (including phenoxy) is 2. The van der Waals surface area contributed by atoms with Crippen LogP contribution < -0.4 is 0 Å². The molecule has 0 spiro atoms. The molecule has 2 rings (SSSR count). The van der Waals surface area contributed by atoms with Crippen LogP contribution in [0.25, 0.3) is 0 Å². The third kappa shape index (κ3) is 6.25. The van der Waals surface area contributed by atoms with Crippen molar-refractivity contribution in [1.82, 2.24) is 0 Å². The average molecular weight is 312 g/mol. The van der Waals surface area contributed by atoms with Crippen molar-refractivity contribution in [2.75, 3.05) is 13.2 Å². The van der Waals surface area contributed by atoms with Gasteiger partial charge in [-0.3, -0.25) is 0 Å². The van der Waals surface area contributed by atoms with Gasteiger partial charge in [-0.2, -0.15) is 0 Å². The molecule has 2 aromatic carbocycles. The van der Waals surface area contributed by atoms with Gasteiger partial charge in [0.25, 0.3) is 0 Å². The second kappa shape index (κ2) is 9.11. The third-order valence-electron chi connectivity index (χ3n) is 3.69. The minimum Gasteiger partial charge on any atom is -0.464 e. The summed E-state index contributed by atoms with van der Waals surface area (Å²) in [6, 6.07) is 16.4. The third-order valence-corrected chi connectivity index (χ3v) is 3.69. The molecule has 0 saturated heterocycles. The van der Waals surface area contributed by atoms with Gasteiger partial charge in [-0.25, -0.2) is 4.79 Å². The zero-order valence-electron chi connectivity index (χ0n) is 13.9. The van der Waals surface area contributed by atoms with Gasteiger partial charge in [0.15, 0.2) is 0 Å². The van der Waals surface area contributed by atoms with E-state index in [0.717, 1.165) is 18.4 Å². The molecule has 23 heavy (non-hydrogen) atoms. The van der Waals surface area contributed by atoms with Gasteiger partial charge in [-0.05, 0) is 43.4 Å². The molecule has 0 radical (unpaired) electrons. The maximum atomic E-state index is 11.6. The van der Waals surface area contributed by atoms with Gasteiger partial charge in [-0.15, -0.1) is 0 Å². The first-order valence-electron chi connectivity index (χ1n) is 7.98. The Hall–Kier alpha value is -2.13. The molecule has 0 fully saturated rings. The SMILES string of the molecule is Cc1ccc(COCC(=O)OCCCc2ccccc2)c(C)c1. The Kier molecular flexibility index (Phi) is 6.82. The molecule has 0 N–H and O–H groups in total. The van der Waals surface area contributed by atoms with Crippen LogP contribution in [0.5, 0.6) is 0 Å². The molecule has 0 aliphatic heterocycles. The van der Waals surface area contributed by atoms with E-state index in [1.165, 1.54) is 16.7 Å². The summed E-state index contributed by atoms with van der Waals surface area (Å²) in [4.78, 5) is 11.6. The highest BCUT2D eigenvalue weighted by molar-refractivity contribution is 5.70. The van der Waals surface area contributed by atoms with Crippen LogP contribution in [0, 0.1) is 13.8 Å². The lowest BCUT2D eigenvalue weighted by Crippen LogP contribution is -2.14. The Morgan fingerprint density at radius 1 is 1.04 bits per heavy atom. The highest BCUT2D eigenvalue weighted by Crippen LogP contribution is 2.11. The highest BCUT2D eigenvalue weighted by atomic mass is 16.6. The topological polar surface area (TPSA) is 35.5 Å². The quantitative estimate of drug-likeness (QED) is 0.546. The van der Waals surface area contributed by atoms with Crippen LogP contribution in [0.2, 0.25) is 0 Å². The summed E-state index contributed by atoms with van der Waals surface area (Å²) >= 11 is 0. The maximum absolute atomic E-state index is 11.6. The van der Waals surface area contributed by atoms with E-state index < -0.39 is 0 Å². The molecule has 3 nitrogen and oxygen atoms in total. The lowest BCUT2D eigenvalue weighted by molar-refractivity contribution is -0.149. The Morgan fingerprint density at radius 2 is 1.83 bits per heavy atom. The molecular weight excluding hydrogens is 288 g/mol. The van der Waals surface area contributed by atoms with E-state index in [4.69, 9.17) is 9.47 Å². The summed E-state index contributed by atoms with van der Waals surface area (Å²) in [6.45, 7) is 4.97. The largest absolute Gasteiger partial charge is 0.464 e. The second-order valence-corrected chi connectivity index (χ2v) is 5.73. The number of carbonyl (C=O) groups excluding carboxylic acids is 1. The molecule has 0 bridgehead atoms. The molecule has 0 aliphatic carbocycles. The zero-order chi connectivity index (χ0) is 16.5. The molecule has 0 aromatic heterocycles. The van der Waals surface area contributed by atoms with E-state index in [9.17, 15) is 4.79 Å². The fraction of sp³-hybridized carbons (Fsp3) is 0.350. The second-order valence-electron chi connectivity index (χ2n) is 5.73. The van der Waals surface area contributed by atoms with Gasteiger partial charge in [0.05, 0.1) is 13.2 Å². The monoisotopic (exact) mass is 312 g/mol. The Labute approximate surface area is 138 Å². The van der Waals surface area contributed by atoms with Crippen molar-refractivity contribution < 1.29 is 14.3 Å². The summed E-state index contributed by atoms with van der Waals surface area (Å²) in [5.74, 6) is -0.303. The molecule has 122 valence electrons. The van der Waals surface area contributed by atoms with Crippen LogP contribution in [0.1, 0.15) is 28.7 Å². The Bertz CT molecular complexity index is 620. The predicted molar refractivity (Wildman–Crippen MR) is 91.3 cm³/mol. The van der Waals surface area contributed by atoms with E-state index in [0.29, 0.717) is 13.2 Å². The number of rotatable bonds is 8. The minimum atomic E-state index is -0.303. The first kappa shape index (κ1) is 17.2. The normalized spacial score (nSPS) is 10.5. The lowest BCUT2D eigenvalue weighted by Gasteiger charge is -2.08. The van der Waals surface area contributed by atoms with E-state index in [1.54, 1.807) is 0 Å². The number of aryl methyl sites for hydroxylation is 3. The number of benzene rings is 2. The predicted octanol–water partition coefficient (Wildman–Crippen LogP) is 4.00. The standard InChI is InChI=1S/C20H24O3/c1-16-10-11-19(17(2)13-16)14-22-15-20(21)23-12-6-9-18-7-4-3-5-8-18/h3-5,7-8,10-11,13H,6,9,12,14-15H2,1-2H3. The van der Waals surface area contributed by atoms with Crippen molar-refractivity contribution in [2.24, 2.45) is 0 Å². The first-order chi connectivity index (χ1) is 11.1. The summed E-state index contributed by atoms with van der Waals surface area (Å²) in [7, 11) is 0. The van der Waals surface area contributed by atoms with Crippen LogP contribution in [0.4, 0.5) is 0 Å². The Morgan fingerprint density at radius 3 is 2.57 bits per heavy atom. The van der Waals surface area contributed by atoms with Crippen molar-refractivity contribution in [3.63, 3.8) is 0 Å². The zero-order valence-corrected chi connectivity index (χ0v) is 13.9. The molecule has 0 aliphatic rings. The fourth-order valence-corrected chi connectivity index (χ4v) is 2.40. The molecule has 0 atom stereocenters. The highest BCUT2D eigenvalue weighted by Gasteiger charge is 2.05. The number of esters is 1. The summed E-state index contributed by atoms with van der Waals surface area (Å²) < 4.78 is 10.6. The number of hydrogen-bond acceptors (Lipinski definition) is 3. The molecule has 2 aromatic rings. The van der Waals surface area contributed by atoms with Gasteiger partial charge in [-0.1, -0.05) is 54.1 Å². The molecular formula is C20H24O3. The van der Waals surface area contributed by atoms with Crippen LogP contribution >= 0.6 is 0 Å².